The number of hydrogen-bond donors (Lipinski definition) is 1. The molecule has 0 radical (unpaired) electrons. The summed E-state index contributed by atoms with van der Waals surface area (Å²) in [6, 6.07) is 9.16. The van der Waals surface area contributed by atoms with Gasteiger partial charge in [-0.25, -0.2) is 4.79 Å². The SMILES string of the molecule is C=CCCOC(C)C(=O)OCc1cc2ccccc2[nH]c1=O. The van der Waals surface area contributed by atoms with E-state index >= 15 is 0 Å². The lowest BCUT2D eigenvalue weighted by atomic mass is 10.1. The number of H-pyrrole nitrogens is 1. The van der Waals surface area contributed by atoms with E-state index in [4.69, 9.17) is 9.47 Å². The molecule has 2 aromatic rings. The minimum absolute atomic E-state index is 0.0752. The van der Waals surface area contributed by atoms with E-state index in [9.17, 15) is 9.59 Å². The van der Waals surface area contributed by atoms with E-state index in [-0.39, 0.29) is 12.2 Å². The highest BCUT2D eigenvalue weighted by Gasteiger charge is 2.15. The molecule has 0 aliphatic heterocycles. The van der Waals surface area contributed by atoms with Gasteiger partial charge in [0.1, 0.15) is 6.61 Å². The van der Waals surface area contributed by atoms with Crippen molar-refractivity contribution >= 4 is 16.9 Å². The number of esters is 1. The molecule has 1 unspecified atom stereocenters. The molecule has 1 atom stereocenters. The van der Waals surface area contributed by atoms with Crippen LogP contribution in [0.5, 0.6) is 0 Å². The Balaban J connectivity index is 1.99. The van der Waals surface area contributed by atoms with Gasteiger partial charge < -0.3 is 14.5 Å². The minimum atomic E-state index is -0.667. The summed E-state index contributed by atoms with van der Waals surface area (Å²) in [7, 11) is 0. The number of aromatic amines is 1. The Morgan fingerprint density at radius 3 is 2.95 bits per heavy atom. The summed E-state index contributed by atoms with van der Waals surface area (Å²) in [5.74, 6) is -0.489. The molecule has 0 bridgehead atoms. The molecule has 0 saturated carbocycles. The summed E-state index contributed by atoms with van der Waals surface area (Å²) in [5.41, 5.74) is 0.903. The van der Waals surface area contributed by atoms with Gasteiger partial charge in [0, 0.05) is 5.52 Å². The number of hydrogen-bond acceptors (Lipinski definition) is 4. The van der Waals surface area contributed by atoms with Crippen LogP contribution in [0.1, 0.15) is 18.9 Å². The minimum Gasteiger partial charge on any atom is -0.459 e. The fourth-order valence-electron chi connectivity index (χ4n) is 1.96. The van der Waals surface area contributed by atoms with Gasteiger partial charge in [-0.15, -0.1) is 6.58 Å². The fraction of sp³-hybridized carbons (Fsp3) is 0.294. The topological polar surface area (TPSA) is 68.4 Å². The van der Waals surface area contributed by atoms with Gasteiger partial charge in [0.2, 0.25) is 0 Å². The molecule has 0 amide bonds. The van der Waals surface area contributed by atoms with Crippen LogP contribution in [0.3, 0.4) is 0 Å². The molecule has 0 fully saturated rings. The van der Waals surface area contributed by atoms with E-state index in [1.54, 1.807) is 19.1 Å². The monoisotopic (exact) mass is 301 g/mol. The van der Waals surface area contributed by atoms with Crippen LogP contribution in [0.25, 0.3) is 10.9 Å². The average Bonchev–Trinajstić information content (AvgIpc) is 2.52. The number of pyridine rings is 1. The Morgan fingerprint density at radius 2 is 2.18 bits per heavy atom. The predicted molar refractivity (Wildman–Crippen MR) is 84.6 cm³/mol. The number of carbonyl (C=O) groups excluding carboxylic acids is 1. The normalized spacial score (nSPS) is 12.0. The molecule has 1 aromatic carbocycles. The van der Waals surface area contributed by atoms with Crippen molar-refractivity contribution in [2.45, 2.75) is 26.1 Å². The fourth-order valence-corrected chi connectivity index (χ4v) is 1.96. The molecular weight excluding hydrogens is 282 g/mol. The summed E-state index contributed by atoms with van der Waals surface area (Å²) < 4.78 is 10.4. The van der Waals surface area contributed by atoms with Gasteiger partial charge in [0.15, 0.2) is 6.10 Å². The molecule has 1 aromatic heterocycles. The Hall–Kier alpha value is -2.40. The molecule has 1 N–H and O–H groups in total. The van der Waals surface area contributed by atoms with Gasteiger partial charge in [-0.2, -0.15) is 0 Å². The highest BCUT2D eigenvalue weighted by Crippen LogP contribution is 2.11. The molecule has 5 heteroatoms. The average molecular weight is 301 g/mol. The van der Waals surface area contributed by atoms with E-state index < -0.39 is 12.1 Å². The number of ether oxygens (including phenoxy) is 2. The maximum atomic E-state index is 11.9. The number of para-hydroxylation sites is 1. The summed E-state index contributed by atoms with van der Waals surface area (Å²) in [4.78, 5) is 26.5. The summed E-state index contributed by atoms with van der Waals surface area (Å²) >= 11 is 0. The number of nitrogens with one attached hydrogen (secondary N) is 1. The third-order valence-corrected chi connectivity index (χ3v) is 3.22. The zero-order valence-electron chi connectivity index (χ0n) is 12.5. The Bertz CT molecular complexity index is 720. The largest absolute Gasteiger partial charge is 0.459 e. The molecular formula is C17H19NO4. The summed E-state index contributed by atoms with van der Waals surface area (Å²) in [6.45, 7) is 5.54. The van der Waals surface area contributed by atoms with Crippen LogP contribution >= 0.6 is 0 Å². The van der Waals surface area contributed by atoms with Gasteiger partial charge in [-0.3, -0.25) is 4.79 Å². The van der Waals surface area contributed by atoms with Gasteiger partial charge in [0.25, 0.3) is 5.56 Å². The van der Waals surface area contributed by atoms with Gasteiger partial charge in [-0.05, 0) is 30.9 Å². The molecule has 22 heavy (non-hydrogen) atoms. The first-order chi connectivity index (χ1) is 10.6. The third-order valence-electron chi connectivity index (χ3n) is 3.22. The molecule has 0 saturated heterocycles. The van der Waals surface area contributed by atoms with E-state index in [0.717, 1.165) is 10.9 Å². The highest BCUT2D eigenvalue weighted by molar-refractivity contribution is 5.79. The molecule has 5 nitrogen and oxygen atoms in total. The van der Waals surface area contributed by atoms with Crippen molar-refractivity contribution in [3.8, 4) is 0 Å². The Labute approximate surface area is 128 Å². The first-order valence-electron chi connectivity index (χ1n) is 7.12. The maximum absolute atomic E-state index is 11.9. The second-order valence-electron chi connectivity index (χ2n) is 4.91. The van der Waals surface area contributed by atoms with Gasteiger partial charge >= 0.3 is 5.97 Å². The van der Waals surface area contributed by atoms with Crippen molar-refractivity contribution in [1.29, 1.82) is 0 Å². The second kappa shape index (κ2) is 7.56. The predicted octanol–water partition coefficient (Wildman–Crippen LogP) is 2.55. The van der Waals surface area contributed by atoms with Gasteiger partial charge in [0.05, 0.1) is 12.2 Å². The lowest BCUT2D eigenvalue weighted by molar-refractivity contribution is -0.157. The van der Waals surface area contributed by atoms with E-state index in [1.807, 2.05) is 24.3 Å². The van der Waals surface area contributed by atoms with Crippen LogP contribution in [-0.2, 0) is 20.9 Å². The zero-order valence-corrected chi connectivity index (χ0v) is 12.5. The quantitative estimate of drug-likeness (QED) is 0.485. The molecule has 0 aliphatic carbocycles. The number of fused-ring (bicyclic) bond motifs is 1. The van der Waals surface area contributed by atoms with Crippen molar-refractivity contribution in [3.63, 3.8) is 0 Å². The lowest BCUT2D eigenvalue weighted by Crippen LogP contribution is -2.25. The standard InChI is InChI=1S/C17H19NO4/c1-3-4-9-21-12(2)17(20)22-11-14-10-13-7-5-6-8-15(13)18-16(14)19/h3,5-8,10,12H,1,4,9,11H2,2H3,(H,18,19). The highest BCUT2D eigenvalue weighted by atomic mass is 16.6. The number of carbonyl (C=O) groups is 1. The second-order valence-corrected chi connectivity index (χ2v) is 4.91. The molecule has 2 rings (SSSR count). The van der Waals surface area contributed by atoms with Crippen LogP contribution in [0.2, 0.25) is 0 Å². The lowest BCUT2D eigenvalue weighted by Gasteiger charge is -2.12. The molecule has 0 aliphatic rings. The summed E-state index contributed by atoms with van der Waals surface area (Å²) in [6.07, 6.45) is 1.72. The number of aromatic nitrogens is 1. The van der Waals surface area contributed by atoms with Crippen molar-refractivity contribution in [1.82, 2.24) is 4.98 Å². The number of benzene rings is 1. The molecule has 0 spiro atoms. The van der Waals surface area contributed by atoms with Crippen LogP contribution in [0.4, 0.5) is 0 Å². The van der Waals surface area contributed by atoms with Crippen LogP contribution in [0, 0.1) is 0 Å². The molecule has 1 heterocycles. The van der Waals surface area contributed by atoms with Crippen LogP contribution in [-0.4, -0.2) is 23.7 Å². The third kappa shape index (κ3) is 4.05. The Kier molecular flexibility index (Phi) is 5.49. The van der Waals surface area contributed by atoms with Crippen LogP contribution in [0.15, 0.2) is 47.8 Å². The Morgan fingerprint density at radius 1 is 1.41 bits per heavy atom. The van der Waals surface area contributed by atoms with E-state index in [0.29, 0.717) is 18.6 Å². The first-order valence-corrected chi connectivity index (χ1v) is 7.12. The van der Waals surface area contributed by atoms with Crippen molar-refractivity contribution < 1.29 is 14.3 Å². The van der Waals surface area contributed by atoms with Crippen molar-refractivity contribution in [3.05, 3.63) is 58.9 Å². The molecule has 116 valence electrons. The summed E-state index contributed by atoms with van der Waals surface area (Å²) in [5, 5.41) is 0.892. The smallest absolute Gasteiger partial charge is 0.335 e. The van der Waals surface area contributed by atoms with E-state index in [1.165, 1.54) is 0 Å². The zero-order chi connectivity index (χ0) is 15.9. The maximum Gasteiger partial charge on any atom is 0.335 e. The van der Waals surface area contributed by atoms with Crippen molar-refractivity contribution in [2.24, 2.45) is 0 Å². The van der Waals surface area contributed by atoms with Crippen LogP contribution < -0.4 is 5.56 Å². The van der Waals surface area contributed by atoms with Gasteiger partial charge in [-0.1, -0.05) is 24.3 Å². The first kappa shape index (κ1) is 16.0. The van der Waals surface area contributed by atoms with Crippen molar-refractivity contribution in [2.75, 3.05) is 6.61 Å². The number of rotatable bonds is 7. The van der Waals surface area contributed by atoms with E-state index in [2.05, 4.69) is 11.6 Å².